The van der Waals surface area contributed by atoms with Crippen molar-refractivity contribution in [2.45, 2.75) is 19.9 Å². The molecule has 0 aliphatic carbocycles. The second-order valence-corrected chi connectivity index (χ2v) is 8.78. The minimum atomic E-state index is -0.626. The second-order valence-electron chi connectivity index (χ2n) is 8.78. The topological polar surface area (TPSA) is 120 Å². The molecule has 5 rings (SSSR count). The van der Waals surface area contributed by atoms with Crippen LogP contribution in [0, 0.1) is 0 Å². The fraction of sp³-hybridized carbons (Fsp3) is 0.296. The standard InChI is InChI=1S/C27H27N5O5/c1-2-23(33)19-8-7-18(22-17-32(30-29-22)10-9-31-11-13-36-14-12-31)15-21(19)28-27(35)26-16-24(34)20-5-3-4-6-25(20)37-26/h3-8,15-17H,2,9-14H2,1H3,(H,28,35). The lowest BCUT2D eigenvalue weighted by Gasteiger charge is -2.26. The SMILES string of the molecule is CCC(=O)c1ccc(-c2cn(CCN3CCOCC3)nn2)cc1NC(=O)c1cc(=O)c2ccccc2o1. The summed E-state index contributed by atoms with van der Waals surface area (Å²) >= 11 is 0. The summed E-state index contributed by atoms with van der Waals surface area (Å²) in [5, 5.41) is 11.7. The Bertz CT molecular complexity index is 1500. The van der Waals surface area contributed by atoms with Crippen LogP contribution in [0.5, 0.6) is 0 Å². The molecule has 0 spiro atoms. The molecule has 1 fully saturated rings. The maximum atomic E-state index is 13.1. The summed E-state index contributed by atoms with van der Waals surface area (Å²) in [5.41, 5.74) is 1.98. The average molecular weight is 502 g/mol. The lowest BCUT2D eigenvalue weighted by molar-refractivity contribution is 0.0359. The van der Waals surface area contributed by atoms with Gasteiger partial charge >= 0.3 is 0 Å². The van der Waals surface area contributed by atoms with Crippen molar-refractivity contribution in [3.05, 3.63) is 76.3 Å². The number of aromatic nitrogens is 3. The molecule has 1 amide bonds. The van der Waals surface area contributed by atoms with Crippen LogP contribution in [0.1, 0.15) is 34.3 Å². The summed E-state index contributed by atoms with van der Waals surface area (Å²) in [6.45, 7) is 6.55. The van der Waals surface area contributed by atoms with Crippen molar-refractivity contribution in [2.75, 3.05) is 38.2 Å². The number of hydrogen-bond acceptors (Lipinski definition) is 8. The van der Waals surface area contributed by atoms with E-state index in [1.54, 1.807) is 54.1 Å². The number of hydrogen-bond donors (Lipinski definition) is 1. The number of ether oxygens (including phenoxy) is 1. The zero-order valence-electron chi connectivity index (χ0n) is 20.5. The van der Waals surface area contributed by atoms with E-state index in [2.05, 4.69) is 20.5 Å². The number of nitrogens with one attached hydrogen (secondary N) is 1. The number of benzene rings is 2. The van der Waals surface area contributed by atoms with Crippen molar-refractivity contribution in [1.29, 1.82) is 0 Å². The van der Waals surface area contributed by atoms with Gasteiger partial charge in [0, 0.05) is 43.2 Å². The highest BCUT2D eigenvalue weighted by Gasteiger charge is 2.18. The van der Waals surface area contributed by atoms with E-state index in [1.165, 1.54) is 0 Å². The lowest BCUT2D eigenvalue weighted by Crippen LogP contribution is -2.38. The number of morpholine rings is 1. The normalized spacial score (nSPS) is 14.1. The highest BCUT2D eigenvalue weighted by atomic mass is 16.5. The van der Waals surface area contributed by atoms with Crippen molar-refractivity contribution in [1.82, 2.24) is 19.9 Å². The summed E-state index contributed by atoms with van der Waals surface area (Å²) in [5.74, 6) is -0.895. The van der Waals surface area contributed by atoms with Crippen molar-refractivity contribution in [3.8, 4) is 11.3 Å². The van der Waals surface area contributed by atoms with E-state index in [-0.39, 0.29) is 23.4 Å². The quantitative estimate of drug-likeness (QED) is 0.366. The number of ketones is 1. The molecule has 2 aromatic heterocycles. The van der Waals surface area contributed by atoms with Crippen LogP contribution in [0.15, 0.2) is 63.9 Å². The third kappa shape index (κ3) is 5.50. The van der Waals surface area contributed by atoms with Crippen LogP contribution in [-0.4, -0.2) is 64.4 Å². The number of nitrogens with zero attached hydrogens (tertiary/aromatic N) is 4. The number of para-hydroxylation sites is 1. The highest BCUT2D eigenvalue weighted by molar-refractivity contribution is 6.09. The Kier molecular flexibility index (Phi) is 7.20. The van der Waals surface area contributed by atoms with E-state index >= 15 is 0 Å². The maximum absolute atomic E-state index is 13.1. The van der Waals surface area contributed by atoms with Crippen molar-refractivity contribution in [2.24, 2.45) is 0 Å². The molecule has 3 heterocycles. The molecule has 190 valence electrons. The summed E-state index contributed by atoms with van der Waals surface area (Å²) in [4.78, 5) is 40.4. The van der Waals surface area contributed by atoms with Crippen molar-refractivity contribution < 1.29 is 18.7 Å². The van der Waals surface area contributed by atoms with Crippen LogP contribution >= 0.6 is 0 Å². The third-order valence-corrected chi connectivity index (χ3v) is 6.33. The zero-order valence-corrected chi connectivity index (χ0v) is 20.5. The molecule has 2 aromatic carbocycles. The molecule has 37 heavy (non-hydrogen) atoms. The summed E-state index contributed by atoms with van der Waals surface area (Å²) in [6, 6.07) is 13.0. The second kappa shape index (κ2) is 10.9. The molecule has 0 unspecified atom stereocenters. The van der Waals surface area contributed by atoms with Gasteiger partial charge in [-0.15, -0.1) is 5.10 Å². The van der Waals surface area contributed by atoms with Crippen molar-refractivity contribution in [3.63, 3.8) is 0 Å². The first-order valence-electron chi connectivity index (χ1n) is 12.2. The van der Waals surface area contributed by atoms with Gasteiger partial charge in [-0.05, 0) is 24.3 Å². The molecule has 10 heteroatoms. The Hall–Kier alpha value is -4.15. The van der Waals surface area contributed by atoms with Gasteiger partial charge in [-0.25, -0.2) is 0 Å². The average Bonchev–Trinajstić information content (AvgIpc) is 3.41. The number of Topliss-reactive ketones (excluding diaryl/α,β-unsaturated/α-hetero) is 1. The first kappa shape index (κ1) is 24.5. The molecule has 0 radical (unpaired) electrons. The van der Waals surface area contributed by atoms with Gasteiger partial charge in [0.1, 0.15) is 11.3 Å². The van der Waals surface area contributed by atoms with Crippen molar-refractivity contribution >= 4 is 28.3 Å². The molecule has 4 aromatic rings. The molecular formula is C27H27N5O5. The fourth-order valence-electron chi connectivity index (χ4n) is 4.25. The molecule has 0 saturated carbocycles. The Labute approximate surface area is 212 Å². The summed E-state index contributed by atoms with van der Waals surface area (Å²) in [6.07, 6.45) is 2.11. The predicted molar refractivity (Wildman–Crippen MR) is 138 cm³/mol. The number of rotatable bonds is 8. The van der Waals surface area contributed by atoms with Gasteiger partial charge < -0.3 is 14.5 Å². The third-order valence-electron chi connectivity index (χ3n) is 6.33. The Morgan fingerprint density at radius 2 is 1.86 bits per heavy atom. The lowest BCUT2D eigenvalue weighted by atomic mass is 10.0. The molecule has 0 atom stereocenters. The summed E-state index contributed by atoms with van der Waals surface area (Å²) < 4.78 is 12.8. The van der Waals surface area contributed by atoms with Gasteiger partial charge in [0.05, 0.1) is 37.0 Å². The van der Waals surface area contributed by atoms with Gasteiger partial charge in [-0.3, -0.25) is 24.0 Å². The van der Waals surface area contributed by atoms with E-state index in [1.807, 2.05) is 6.20 Å². The van der Waals surface area contributed by atoms with E-state index < -0.39 is 5.91 Å². The first-order chi connectivity index (χ1) is 18.0. The van der Waals surface area contributed by atoms with Crippen LogP contribution in [-0.2, 0) is 11.3 Å². The van der Waals surface area contributed by atoms with Crippen LogP contribution in [0.25, 0.3) is 22.2 Å². The number of amides is 1. The largest absolute Gasteiger partial charge is 0.451 e. The molecule has 10 nitrogen and oxygen atoms in total. The number of anilines is 1. The van der Waals surface area contributed by atoms with E-state index in [4.69, 9.17) is 9.15 Å². The summed E-state index contributed by atoms with van der Waals surface area (Å²) in [7, 11) is 0. The number of carbonyl (C=O) groups excluding carboxylic acids is 2. The van der Waals surface area contributed by atoms with Gasteiger partial charge in [0.2, 0.25) is 0 Å². The molecule has 1 N–H and O–H groups in total. The molecule has 1 saturated heterocycles. The van der Waals surface area contributed by atoms with Crippen LogP contribution in [0.4, 0.5) is 5.69 Å². The zero-order chi connectivity index (χ0) is 25.8. The van der Waals surface area contributed by atoms with Gasteiger partial charge in [0.15, 0.2) is 17.0 Å². The van der Waals surface area contributed by atoms with Crippen LogP contribution < -0.4 is 10.7 Å². The Morgan fingerprint density at radius 1 is 1.05 bits per heavy atom. The first-order valence-corrected chi connectivity index (χ1v) is 12.2. The smallest absolute Gasteiger partial charge is 0.291 e. The fourth-order valence-corrected chi connectivity index (χ4v) is 4.25. The van der Waals surface area contributed by atoms with Crippen LogP contribution in [0.2, 0.25) is 0 Å². The highest BCUT2D eigenvalue weighted by Crippen LogP contribution is 2.26. The minimum Gasteiger partial charge on any atom is -0.451 e. The van der Waals surface area contributed by atoms with E-state index in [0.717, 1.165) is 38.9 Å². The molecule has 0 bridgehead atoms. The van der Waals surface area contributed by atoms with Gasteiger partial charge in [-0.1, -0.05) is 30.3 Å². The van der Waals surface area contributed by atoms with E-state index in [9.17, 15) is 14.4 Å². The van der Waals surface area contributed by atoms with Crippen LogP contribution in [0.3, 0.4) is 0 Å². The monoisotopic (exact) mass is 501 g/mol. The molecule has 1 aliphatic heterocycles. The Balaban J connectivity index is 1.39. The number of carbonyl (C=O) groups is 2. The molecule has 1 aliphatic rings. The number of fused-ring (bicyclic) bond motifs is 1. The minimum absolute atomic E-state index is 0.129. The van der Waals surface area contributed by atoms with Gasteiger partial charge in [-0.2, -0.15) is 0 Å². The Morgan fingerprint density at radius 3 is 2.68 bits per heavy atom. The van der Waals surface area contributed by atoms with E-state index in [0.29, 0.717) is 40.0 Å². The molecular weight excluding hydrogens is 474 g/mol. The van der Waals surface area contributed by atoms with Gasteiger partial charge in [0.25, 0.3) is 5.91 Å². The maximum Gasteiger partial charge on any atom is 0.291 e. The predicted octanol–water partition coefficient (Wildman–Crippen LogP) is 3.23.